The van der Waals surface area contributed by atoms with Crippen molar-refractivity contribution in [2.45, 2.75) is 30.6 Å². The molecule has 0 heterocycles. The molecular weight excluding hydrogens is 632 g/mol. The van der Waals surface area contributed by atoms with Crippen LogP contribution in [0, 0.1) is 0 Å². The molecule has 0 aliphatic carbocycles. The van der Waals surface area contributed by atoms with E-state index in [1.54, 1.807) is 48.6 Å². The Kier molecular flexibility index (Phi) is 16.6. The van der Waals surface area contributed by atoms with Gasteiger partial charge in [0, 0.05) is 23.1 Å². The van der Waals surface area contributed by atoms with Crippen molar-refractivity contribution in [3.05, 3.63) is 121 Å². The number of thioether (sulfide) groups is 1. The molecule has 0 atom stereocenters. The summed E-state index contributed by atoms with van der Waals surface area (Å²) in [5.41, 5.74) is 1.65. The number of hydrogen-bond donors (Lipinski definition) is 0. The van der Waals surface area contributed by atoms with Crippen LogP contribution in [0.4, 0.5) is 0 Å². The van der Waals surface area contributed by atoms with Gasteiger partial charge in [-0.1, -0.05) is 43.5 Å². The maximum atomic E-state index is 12.5. The summed E-state index contributed by atoms with van der Waals surface area (Å²) >= 11 is 1.06. The van der Waals surface area contributed by atoms with Crippen LogP contribution in [-0.4, -0.2) is 49.5 Å². The molecule has 250 valence electrons. The van der Waals surface area contributed by atoms with Gasteiger partial charge in [0.1, 0.15) is 17.2 Å². The number of ether oxygens (including phenoxy) is 5. The van der Waals surface area contributed by atoms with E-state index in [2.05, 4.69) is 13.2 Å². The summed E-state index contributed by atoms with van der Waals surface area (Å²) in [6, 6.07) is 21.3. The fourth-order valence-corrected chi connectivity index (χ4v) is 4.45. The minimum Gasteiger partial charge on any atom is -0.494 e. The molecule has 0 saturated heterocycles. The standard InChI is InChI=1S/C38H38O9S/c1-3-35(39)45-27-7-5-25-43-31-15-9-29(10-16-31)13-23-37(41)47-33-19-21-34(22-20-33)48-38(42)24-14-30-11-17-32(18-12-30)44-26-6-8-28-46-36(40)4-2/h3-4,9-24H,1-2,5-8,25-28H2. The normalized spacial score (nSPS) is 10.8. The quantitative estimate of drug-likeness (QED) is 0.0396. The van der Waals surface area contributed by atoms with Gasteiger partial charge in [0.05, 0.1) is 26.4 Å². The Hall–Kier alpha value is -5.35. The Labute approximate surface area is 284 Å². The van der Waals surface area contributed by atoms with E-state index in [-0.39, 0.29) is 5.12 Å². The highest BCUT2D eigenvalue weighted by Crippen LogP contribution is 2.23. The Morgan fingerprint density at radius 2 is 0.979 bits per heavy atom. The Bertz CT molecular complexity index is 1440. The molecule has 0 fully saturated rings. The smallest absolute Gasteiger partial charge is 0.336 e. The highest BCUT2D eigenvalue weighted by Gasteiger charge is 2.05. The van der Waals surface area contributed by atoms with E-state index in [1.807, 2.05) is 36.4 Å². The van der Waals surface area contributed by atoms with E-state index in [0.29, 0.717) is 61.4 Å². The largest absolute Gasteiger partial charge is 0.494 e. The Morgan fingerprint density at radius 3 is 1.46 bits per heavy atom. The van der Waals surface area contributed by atoms with Gasteiger partial charge >= 0.3 is 17.9 Å². The summed E-state index contributed by atoms with van der Waals surface area (Å²) < 4.78 is 26.6. The molecule has 0 unspecified atom stereocenters. The highest BCUT2D eigenvalue weighted by molar-refractivity contribution is 8.14. The summed E-state index contributed by atoms with van der Waals surface area (Å²) in [5.74, 6) is 0.370. The minimum atomic E-state index is -0.533. The van der Waals surface area contributed by atoms with Crippen LogP contribution < -0.4 is 14.2 Å². The molecule has 0 aromatic heterocycles. The van der Waals surface area contributed by atoms with Crippen LogP contribution in [0.1, 0.15) is 36.8 Å². The lowest BCUT2D eigenvalue weighted by molar-refractivity contribution is -0.138. The second-order valence-corrected chi connectivity index (χ2v) is 11.1. The zero-order valence-corrected chi connectivity index (χ0v) is 27.4. The maximum absolute atomic E-state index is 12.5. The molecule has 0 radical (unpaired) electrons. The van der Waals surface area contributed by atoms with Gasteiger partial charge in [-0.3, -0.25) is 4.79 Å². The first-order valence-electron chi connectivity index (χ1n) is 15.3. The minimum absolute atomic E-state index is 0.150. The third kappa shape index (κ3) is 15.3. The van der Waals surface area contributed by atoms with E-state index < -0.39 is 17.9 Å². The molecule has 0 saturated carbocycles. The van der Waals surface area contributed by atoms with Crippen molar-refractivity contribution in [1.29, 1.82) is 0 Å². The van der Waals surface area contributed by atoms with Crippen molar-refractivity contribution in [3.8, 4) is 17.2 Å². The van der Waals surface area contributed by atoms with Crippen LogP contribution in [0.2, 0.25) is 0 Å². The molecule has 10 heteroatoms. The van der Waals surface area contributed by atoms with Crippen molar-refractivity contribution in [1.82, 2.24) is 0 Å². The zero-order valence-electron chi connectivity index (χ0n) is 26.5. The third-order valence-electron chi connectivity index (χ3n) is 6.28. The fraction of sp³-hybridized carbons (Fsp3) is 0.211. The summed E-state index contributed by atoms with van der Waals surface area (Å²) in [5, 5.41) is -0.150. The van der Waals surface area contributed by atoms with Gasteiger partial charge in [0.2, 0.25) is 5.12 Å². The lowest BCUT2D eigenvalue weighted by Crippen LogP contribution is -2.04. The molecule has 0 N–H and O–H groups in total. The summed E-state index contributed by atoms with van der Waals surface area (Å²) in [4.78, 5) is 47.5. The molecule has 0 aliphatic rings. The number of carbonyl (C=O) groups is 4. The van der Waals surface area contributed by atoms with Gasteiger partial charge in [0.15, 0.2) is 0 Å². The van der Waals surface area contributed by atoms with Crippen LogP contribution in [0.5, 0.6) is 17.2 Å². The van der Waals surface area contributed by atoms with Gasteiger partial charge in [-0.25, -0.2) is 14.4 Å². The molecule has 3 aromatic carbocycles. The van der Waals surface area contributed by atoms with E-state index in [4.69, 9.17) is 23.7 Å². The van der Waals surface area contributed by atoms with E-state index in [0.717, 1.165) is 47.9 Å². The first-order valence-corrected chi connectivity index (χ1v) is 16.1. The number of hydrogen-bond acceptors (Lipinski definition) is 10. The second kappa shape index (κ2) is 21.4. The average Bonchev–Trinajstić information content (AvgIpc) is 3.11. The number of unbranched alkanes of at least 4 members (excludes halogenated alkanes) is 2. The molecule has 0 bridgehead atoms. The molecule has 48 heavy (non-hydrogen) atoms. The monoisotopic (exact) mass is 670 g/mol. The van der Waals surface area contributed by atoms with Crippen molar-refractivity contribution in [3.63, 3.8) is 0 Å². The molecule has 0 amide bonds. The van der Waals surface area contributed by atoms with E-state index in [9.17, 15) is 19.2 Å². The van der Waals surface area contributed by atoms with Crippen molar-refractivity contribution in [2.24, 2.45) is 0 Å². The number of esters is 3. The maximum Gasteiger partial charge on any atom is 0.336 e. The van der Waals surface area contributed by atoms with Crippen LogP contribution in [0.3, 0.4) is 0 Å². The molecule has 3 rings (SSSR count). The summed E-state index contributed by atoms with van der Waals surface area (Å²) in [7, 11) is 0. The zero-order chi connectivity index (χ0) is 34.4. The lowest BCUT2D eigenvalue weighted by atomic mass is 10.2. The van der Waals surface area contributed by atoms with Crippen LogP contribution >= 0.6 is 11.8 Å². The van der Waals surface area contributed by atoms with Gasteiger partial charge in [-0.05, 0) is 109 Å². The predicted molar refractivity (Wildman–Crippen MR) is 186 cm³/mol. The molecule has 0 aliphatic heterocycles. The SMILES string of the molecule is C=CC(=O)OCCCCOc1ccc(C=CC(=O)Oc2ccc(SC(=O)C=Cc3ccc(OCCCCOC(=O)C=C)cc3)cc2)cc1. The van der Waals surface area contributed by atoms with Crippen LogP contribution in [0.15, 0.2) is 115 Å². The second-order valence-electron chi connectivity index (χ2n) is 9.97. The average molecular weight is 671 g/mol. The predicted octanol–water partition coefficient (Wildman–Crippen LogP) is 7.41. The topological polar surface area (TPSA) is 114 Å². The molecular formula is C38H38O9S. The van der Waals surface area contributed by atoms with Crippen molar-refractivity contribution < 1.29 is 42.9 Å². The van der Waals surface area contributed by atoms with Gasteiger partial charge in [0.25, 0.3) is 0 Å². The summed E-state index contributed by atoms with van der Waals surface area (Å²) in [6.45, 7) is 8.34. The molecule has 9 nitrogen and oxygen atoms in total. The number of rotatable bonds is 20. The van der Waals surface area contributed by atoms with Gasteiger partial charge in [-0.2, -0.15) is 0 Å². The van der Waals surface area contributed by atoms with Gasteiger partial charge < -0.3 is 23.7 Å². The van der Waals surface area contributed by atoms with Crippen LogP contribution in [0.25, 0.3) is 12.2 Å². The fourth-order valence-electron chi connectivity index (χ4n) is 3.81. The van der Waals surface area contributed by atoms with Crippen LogP contribution in [-0.2, 0) is 28.7 Å². The summed E-state index contributed by atoms with van der Waals surface area (Å²) in [6.07, 6.45) is 11.3. The van der Waals surface area contributed by atoms with Gasteiger partial charge in [-0.15, -0.1) is 0 Å². The van der Waals surface area contributed by atoms with Crippen molar-refractivity contribution in [2.75, 3.05) is 26.4 Å². The number of carbonyl (C=O) groups excluding carboxylic acids is 4. The van der Waals surface area contributed by atoms with E-state index >= 15 is 0 Å². The lowest BCUT2D eigenvalue weighted by Gasteiger charge is -2.06. The number of benzene rings is 3. The molecule has 3 aromatic rings. The first kappa shape index (κ1) is 37.1. The Morgan fingerprint density at radius 1 is 0.542 bits per heavy atom. The third-order valence-corrected chi connectivity index (χ3v) is 7.13. The Balaban J connectivity index is 1.33. The van der Waals surface area contributed by atoms with E-state index in [1.165, 1.54) is 12.2 Å². The highest BCUT2D eigenvalue weighted by atomic mass is 32.2. The van der Waals surface area contributed by atoms with Crippen molar-refractivity contribution >= 4 is 46.9 Å². The first-order chi connectivity index (χ1) is 23.3. The molecule has 0 spiro atoms.